The molecular formula is C9H8N2O2. The van der Waals surface area contributed by atoms with Gasteiger partial charge in [-0.05, 0) is 12.1 Å². The first-order chi connectivity index (χ1) is 6.27. The first-order valence-electron chi connectivity index (χ1n) is 3.67. The smallest absolute Gasteiger partial charge is 0.287 e. The second-order valence-electron chi connectivity index (χ2n) is 2.27. The normalized spacial score (nSPS) is 8.85. The minimum Gasteiger partial charge on any atom is -0.440 e. The lowest BCUT2D eigenvalue weighted by Gasteiger charge is -1.96. The molecule has 0 atom stereocenters. The Kier molecular flexibility index (Phi) is 2.87. The maximum atomic E-state index is 11.2. The van der Waals surface area contributed by atoms with Crippen molar-refractivity contribution in [2.24, 2.45) is 0 Å². The topological polar surface area (TPSA) is 66.0 Å². The lowest BCUT2D eigenvalue weighted by molar-refractivity contribution is 0.0930. The fourth-order valence-corrected chi connectivity index (χ4v) is 0.772. The summed E-state index contributed by atoms with van der Waals surface area (Å²) in [6.07, 6.45) is 1.56. The van der Waals surface area contributed by atoms with Gasteiger partial charge in [0.05, 0.1) is 0 Å². The van der Waals surface area contributed by atoms with Crippen LogP contribution in [-0.2, 0) is 0 Å². The molecule has 0 saturated carbocycles. The minimum absolute atomic E-state index is 0.128. The molecular weight excluding hydrogens is 168 g/mol. The molecule has 0 spiro atoms. The largest absolute Gasteiger partial charge is 0.440 e. The quantitative estimate of drug-likeness (QED) is 0.700. The van der Waals surface area contributed by atoms with E-state index in [0.29, 0.717) is 6.54 Å². The van der Waals surface area contributed by atoms with E-state index in [4.69, 9.17) is 9.68 Å². The summed E-state index contributed by atoms with van der Waals surface area (Å²) in [7, 11) is 0. The van der Waals surface area contributed by atoms with Crippen molar-refractivity contribution in [1.82, 2.24) is 5.32 Å². The van der Waals surface area contributed by atoms with E-state index in [2.05, 4.69) is 11.9 Å². The summed E-state index contributed by atoms with van der Waals surface area (Å²) in [5, 5.41) is 10.9. The van der Waals surface area contributed by atoms with Crippen LogP contribution < -0.4 is 5.32 Å². The summed E-state index contributed by atoms with van der Waals surface area (Å²) in [5.74, 6) is -0.0800. The summed E-state index contributed by atoms with van der Waals surface area (Å²) >= 11 is 0. The summed E-state index contributed by atoms with van der Waals surface area (Å²) in [5.41, 5.74) is 0. The van der Waals surface area contributed by atoms with E-state index >= 15 is 0 Å². The van der Waals surface area contributed by atoms with E-state index in [1.807, 2.05) is 0 Å². The van der Waals surface area contributed by atoms with Crippen molar-refractivity contribution in [1.29, 1.82) is 5.26 Å². The number of amides is 1. The average molecular weight is 176 g/mol. The monoisotopic (exact) mass is 176 g/mol. The number of carbonyl (C=O) groups excluding carboxylic acids is 1. The maximum Gasteiger partial charge on any atom is 0.287 e. The van der Waals surface area contributed by atoms with E-state index < -0.39 is 0 Å². The number of nitrogens with zero attached hydrogens (tertiary/aromatic N) is 1. The number of carbonyl (C=O) groups is 1. The Morgan fingerprint density at radius 1 is 1.77 bits per heavy atom. The molecule has 1 N–H and O–H groups in total. The highest BCUT2D eigenvalue weighted by atomic mass is 16.3. The van der Waals surface area contributed by atoms with Crippen molar-refractivity contribution in [3.05, 3.63) is 36.3 Å². The Balaban J connectivity index is 2.67. The summed E-state index contributed by atoms with van der Waals surface area (Å²) in [6.45, 7) is 3.83. The molecule has 4 heteroatoms. The molecule has 0 aliphatic carbocycles. The molecule has 1 rings (SSSR count). The van der Waals surface area contributed by atoms with Crippen LogP contribution in [0.4, 0.5) is 0 Å². The van der Waals surface area contributed by atoms with E-state index in [9.17, 15) is 4.79 Å². The molecule has 1 aromatic heterocycles. The minimum atomic E-state index is -0.346. The molecule has 0 aliphatic rings. The third kappa shape index (κ3) is 2.20. The maximum absolute atomic E-state index is 11.2. The second-order valence-corrected chi connectivity index (χ2v) is 2.27. The zero-order valence-corrected chi connectivity index (χ0v) is 6.91. The van der Waals surface area contributed by atoms with Gasteiger partial charge in [-0.1, -0.05) is 6.08 Å². The summed E-state index contributed by atoms with van der Waals surface area (Å²) in [6, 6.07) is 4.69. The second kappa shape index (κ2) is 4.12. The Labute approximate surface area is 75.5 Å². The van der Waals surface area contributed by atoms with Crippen LogP contribution in [0.15, 0.2) is 29.2 Å². The third-order valence-corrected chi connectivity index (χ3v) is 1.35. The average Bonchev–Trinajstić information content (AvgIpc) is 2.62. The summed E-state index contributed by atoms with van der Waals surface area (Å²) < 4.78 is 4.88. The highest BCUT2D eigenvalue weighted by molar-refractivity contribution is 5.91. The van der Waals surface area contributed by atoms with Crippen LogP contribution in [0.3, 0.4) is 0 Å². The van der Waals surface area contributed by atoms with E-state index in [1.165, 1.54) is 12.1 Å². The van der Waals surface area contributed by atoms with Crippen molar-refractivity contribution >= 4 is 5.91 Å². The number of hydrogen-bond donors (Lipinski definition) is 1. The molecule has 1 heterocycles. The Morgan fingerprint density at radius 2 is 2.54 bits per heavy atom. The van der Waals surface area contributed by atoms with E-state index in [0.717, 1.165) is 0 Å². The molecule has 0 aromatic carbocycles. The highest BCUT2D eigenvalue weighted by Gasteiger charge is 2.08. The van der Waals surface area contributed by atoms with Crippen LogP contribution in [0.1, 0.15) is 16.3 Å². The Morgan fingerprint density at radius 3 is 3.08 bits per heavy atom. The van der Waals surface area contributed by atoms with Crippen molar-refractivity contribution in [3.8, 4) is 6.07 Å². The van der Waals surface area contributed by atoms with Gasteiger partial charge in [-0.25, -0.2) is 0 Å². The highest BCUT2D eigenvalue weighted by Crippen LogP contribution is 2.05. The number of rotatable bonds is 3. The number of furan rings is 1. The van der Waals surface area contributed by atoms with Crippen LogP contribution in [-0.4, -0.2) is 12.5 Å². The fourth-order valence-electron chi connectivity index (χ4n) is 0.772. The molecule has 0 fully saturated rings. The van der Waals surface area contributed by atoms with Crippen LogP contribution in [0.5, 0.6) is 0 Å². The van der Waals surface area contributed by atoms with Gasteiger partial charge in [-0.15, -0.1) is 6.58 Å². The number of nitriles is 1. The predicted octanol–water partition coefficient (Wildman–Crippen LogP) is 1.07. The fraction of sp³-hybridized carbons (Fsp3) is 0.111. The van der Waals surface area contributed by atoms with Crippen molar-refractivity contribution in [2.75, 3.05) is 6.54 Å². The van der Waals surface area contributed by atoms with Crippen molar-refractivity contribution in [3.63, 3.8) is 0 Å². The van der Waals surface area contributed by atoms with Gasteiger partial charge in [-0.2, -0.15) is 5.26 Å². The van der Waals surface area contributed by atoms with Gasteiger partial charge in [0.2, 0.25) is 5.76 Å². The standard InChI is InChI=1S/C9H8N2O2/c1-2-5-11-9(12)8-4-3-7(6-10)13-8/h2-4H,1,5H2,(H,11,12). The summed E-state index contributed by atoms with van der Waals surface area (Å²) in [4.78, 5) is 11.2. The zero-order valence-electron chi connectivity index (χ0n) is 6.91. The van der Waals surface area contributed by atoms with Gasteiger partial charge in [-0.3, -0.25) is 4.79 Å². The molecule has 0 aliphatic heterocycles. The first kappa shape index (κ1) is 9.07. The first-order valence-corrected chi connectivity index (χ1v) is 3.67. The lowest BCUT2D eigenvalue weighted by Crippen LogP contribution is -2.22. The van der Waals surface area contributed by atoms with Crippen molar-refractivity contribution in [2.45, 2.75) is 0 Å². The molecule has 1 amide bonds. The van der Waals surface area contributed by atoms with Gasteiger partial charge in [0, 0.05) is 6.54 Å². The molecule has 0 saturated heterocycles. The van der Waals surface area contributed by atoms with Crippen molar-refractivity contribution < 1.29 is 9.21 Å². The van der Waals surface area contributed by atoms with Crippen LogP contribution in [0, 0.1) is 11.3 Å². The Hall–Kier alpha value is -2.02. The van der Waals surface area contributed by atoms with Gasteiger partial charge in [0.25, 0.3) is 5.91 Å². The van der Waals surface area contributed by atoms with Crippen LogP contribution in [0.25, 0.3) is 0 Å². The molecule has 1 aromatic rings. The molecule has 0 unspecified atom stereocenters. The van der Waals surface area contributed by atoms with Gasteiger partial charge in [0.1, 0.15) is 6.07 Å². The van der Waals surface area contributed by atoms with Gasteiger partial charge >= 0.3 is 0 Å². The van der Waals surface area contributed by atoms with E-state index in [-0.39, 0.29) is 17.4 Å². The SMILES string of the molecule is C=CCNC(=O)c1ccc(C#N)o1. The molecule has 13 heavy (non-hydrogen) atoms. The molecule has 0 radical (unpaired) electrons. The molecule has 66 valence electrons. The van der Waals surface area contributed by atoms with Crippen LogP contribution in [0.2, 0.25) is 0 Å². The van der Waals surface area contributed by atoms with Gasteiger partial charge < -0.3 is 9.73 Å². The predicted molar refractivity (Wildman–Crippen MR) is 46.0 cm³/mol. The Bertz CT molecular complexity index is 360. The lowest BCUT2D eigenvalue weighted by atomic mass is 10.4. The van der Waals surface area contributed by atoms with Gasteiger partial charge in [0.15, 0.2) is 5.76 Å². The van der Waals surface area contributed by atoms with E-state index in [1.54, 1.807) is 12.1 Å². The molecule has 0 bridgehead atoms. The molecule has 4 nitrogen and oxygen atoms in total. The number of nitrogens with one attached hydrogen (secondary N) is 1. The van der Waals surface area contributed by atoms with Crippen LogP contribution >= 0.6 is 0 Å². The third-order valence-electron chi connectivity index (χ3n) is 1.35. The zero-order chi connectivity index (χ0) is 9.68. The number of hydrogen-bond acceptors (Lipinski definition) is 3.